The molecule has 214 valence electrons. The van der Waals surface area contributed by atoms with E-state index >= 15 is 0 Å². The largest absolute Gasteiger partial charge is 0.493 e. The lowest BCUT2D eigenvalue weighted by Crippen LogP contribution is -2.36. The second-order valence-electron chi connectivity index (χ2n) is 10.9. The van der Waals surface area contributed by atoms with Crippen molar-refractivity contribution in [3.05, 3.63) is 64.9 Å². The molecule has 0 N–H and O–H groups in total. The number of ether oxygens (including phenoxy) is 4. The Balaban J connectivity index is 1.60. The predicted molar refractivity (Wildman–Crippen MR) is 158 cm³/mol. The maximum Gasteiger partial charge on any atom is 0.134 e. The van der Waals surface area contributed by atoms with Crippen LogP contribution < -0.4 is 4.74 Å². The summed E-state index contributed by atoms with van der Waals surface area (Å²) in [7, 11) is 0. The minimum absolute atomic E-state index is 0.0100. The monoisotopic (exact) mass is 536 g/mol. The number of rotatable bonds is 16. The third-order valence-corrected chi connectivity index (χ3v) is 7.57. The summed E-state index contributed by atoms with van der Waals surface area (Å²) in [6, 6.07) is 14.8. The van der Waals surface area contributed by atoms with Crippen molar-refractivity contribution in [3.63, 3.8) is 0 Å². The van der Waals surface area contributed by atoms with E-state index in [1.54, 1.807) is 0 Å². The second-order valence-corrected chi connectivity index (χ2v) is 10.9. The molecule has 5 heteroatoms. The molecule has 2 heterocycles. The molecule has 2 aromatic carbocycles. The summed E-state index contributed by atoms with van der Waals surface area (Å²) < 4.78 is 31.6. The van der Waals surface area contributed by atoms with Gasteiger partial charge in [-0.05, 0) is 61.6 Å². The minimum atomic E-state index is -0.100. The Morgan fingerprint density at radius 2 is 1.64 bits per heavy atom. The average molecular weight is 537 g/mol. The second kappa shape index (κ2) is 15.4. The zero-order chi connectivity index (χ0) is 27.5. The highest BCUT2D eigenvalue weighted by Gasteiger charge is 2.33. The van der Waals surface area contributed by atoms with Gasteiger partial charge in [-0.1, -0.05) is 58.2 Å². The van der Waals surface area contributed by atoms with E-state index in [1.165, 1.54) is 11.1 Å². The van der Waals surface area contributed by atoms with Gasteiger partial charge in [0.25, 0.3) is 0 Å². The zero-order valence-electron chi connectivity index (χ0n) is 24.5. The molecule has 0 aliphatic carbocycles. The maximum atomic E-state index is 6.72. The summed E-state index contributed by atoms with van der Waals surface area (Å²) >= 11 is 0. The first-order valence-corrected chi connectivity index (χ1v) is 15.2. The first kappa shape index (κ1) is 29.6. The highest BCUT2D eigenvalue weighted by Crippen LogP contribution is 2.40. The third-order valence-electron chi connectivity index (χ3n) is 7.57. The van der Waals surface area contributed by atoms with Gasteiger partial charge in [-0.2, -0.15) is 0 Å². The number of benzene rings is 2. The van der Waals surface area contributed by atoms with Crippen molar-refractivity contribution in [2.75, 3.05) is 26.4 Å². The van der Waals surface area contributed by atoms with E-state index in [-0.39, 0.29) is 18.3 Å². The number of furan rings is 1. The number of fused-ring (bicyclic) bond motifs is 1. The van der Waals surface area contributed by atoms with Gasteiger partial charge in [0.05, 0.1) is 31.5 Å². The fraction of sp³-hybridized carbons (Fsp3) is 0.588. The van der Waals surface area contributed by atoms with Gasteiger partial charge >= 0.3 is 0 Å². The standard InChI is InChI=1S/C34H48O5/c1-5-8-15-35-24-30-22-28(36-16-9-6-2)23-34(39-30)31-21-27(25(4)18-33(31)37-17-10-7-3)20-29-19-26-13-11-12-14-32(26)38-29/h11-14,18-19,21,28,30,34H,5-10,15-17,20,22-24H2,1-4H3/t28-,30-,34+/m0/s1. The van der Waals surface area contributed by atoms with Crippen LogP contribution in [0.1, 0.15) is 101 Å². The van der Waals surface area contributed by atoms with Gasteiger partial charge in [0.1, 0.15) is 17.1 Å². The van der Waals surface area contributed by atoms with E-state index in [1.807, 2.05) is 12.1 Å². The van der Waals surface area contributed by atoms with Crippen LogP contribution in [0.15, 0.2) is 46.9 Å². The zero-order valence-corrected chi connectivity index (χ0v) is 24.5. The molecule has 0 bridgehead atoms. The molecular formula is C34H48O5. The molecule has 1 aliphatic heterocycles. The summed E-state index contributed by atoms with van der Waals surface area (Å²) in [5.41, 5.74) is 4.49. The Kier molecular flexibility index (Phi) is 11.7. The molecule has 0 spiro atoms. The van der Waals surface area contributed by atoms with Crippen LogP contribution in [0.2, 0.25) is 0 Å². The fourth-order valence-electron chi connectivity index (χ4n) is 5.22. The van der Waals surface area contributed by atoms with Crippen LogP contribution in [0.3, 0.4) is 0 Å². The van der Waals surface area contributed by atoms with Crippen molar-refractivity contribution in [3.8, 4) is 5.75 Å². The molecule has 1 aromatic heterocycles. The van der Waals surface area contributed by atoms with Crippen molar-refractivity contribution in [1.82, 2.24) is 0 Å². The van der Waals surface area contributed by atoms with Gasteiger partial charge < -0.3 is 23.4 Å². The number of aryl methyl sites for hydroxylation is 1. The Morgan fingerprint density at radius 1 is 0.872 bits per heavy atom. The Morgan fingerprint density at radius 3 is 2.44 bits per heavy atom. The maximum absolute atomic E-state index is 6.72. The molecule has 1 fully saturated rings. The fourth-order valence-corrected chi connectivity index (χ4v) is 5.22. The molecule has 1 saturated heterocycles. The highest BCUT2D eigenvalue weighted by atomic mass is 16.5. The Hall–Kier alpha value is -2.34. The Labute approximate surface area is 235 Å². The van der Waals surface area contributed by atoms with Crippen molar-refractivity contribution < 1.29 is 23.4 Å². The summed E-state index contributed by atoms with van der Waals surface area (Å²) in [4.78, 5) is 0. The van der Waals surface area contributed by atoms with Crippen LogP contribution in [-0.4, -0.2) is 38.6 Å². The number of unbranched alkanes of at least 4 members (excludes halogenated alkanes) is 3. The third kappa shape index (κ3) is 8.57. The molecule has 4 rings (SSSR count). The van der Waals surface area contributed by atoms with E-state index in [4.69, 9.17) is 23.4 Å². The van der Waals surface area contributed by atoms with Crippen LogP contribution in [0, 0.1) is 6.92 Å². The number of para-hydroxylation sites is 1. The van der Waals surface area contributed by atoms with E-state index in [0.717, 1.165) is 99.0 Å². The minimum Gasteiger partial charge on any atom is -0.493 e. The van der Waals surface area contributed by atoms with Crippen LogP contribution in [-0.2, 0) is 20.6 Å². The molecular weight excluding hydrogens is 488 g/mol. The van der Waals surface area contributed by atoms with E-state index in [9.17, 15) is 0 Å². The topological polar surface area (TPSA) is 50.1 Å². The van der Waals surface area contributed by atoms with E-state index < -0.39 is 0 Å². The number of hydrogen-bond donors (Lipinski definition) is 0. The SMILES string of the molecule is CCCCOC[C@@H]1C[C@H](OCCCC)C[C@H](c2cc(Cc3cc4ccccc4o3)c(C)cc2OCCCC)O1. The summed E-state index contributed by atoms with van der Waals surface area (Å²) in [6.45, 7) is 11.6. The lowest BCUT2D eigenvalue weighted by molar-refractivity contribution is -0.138. The van der Waals surface area contributed by atoms with Crippen LogP contribution in [0.25, 0.3) is 11.0 Å². The molecule has 3 aromatic rings. The van der Waals surface area contributed by atoms with Crippen molar-refractivity contribution in [2.45, 2.75) is 104 Å². The van der Waals surface area contributed by atoms with Gasteiger partial charge in [0, 0.05) is 43.4 Å². The predicted octanol–water partition coefficient (Wildman–Crippen LogP) is 8.73. The normalized spacial score (nSPS) is 19.5. The number of hydrogen-bond acceptors (Lipinski definition) is 5. The van der Waals surface area contributed by atoms with Gasteiger partial charge in [-0.3, -0.25) is 0 Å². The van der Waals surface area contributed by atoms with Gasteiger partial charge in [0.2, 0.25) is 0 Å². The smallest absolute Gasteiger partial charge is 0.134 e. The quantitative estimate of drug-likeness (QED) is 0.171. The van der Waals surface area contributed by atoms with Crippen LogP contribution in [0.5, 0.6) is 5.75 Å². The molecule has 39 heavy (non-hydrogen) atoms. The summed E-state index contributed by atoms with van der Waals surface area (Å²) in [6.07, 6.45) is 9.04. The first-order valence-electron chi connectivity index (χ1n) is 15.2. The molecule has 0 saturated carbocycles. The van der Waals surface area contributed by atoms with E-state index in [2.05, 4.69) is 58.0 Å². The van der Waals surface area contributed by atoms with Gasteiger partial charge in [0.15, 0.2) is 0 Å². The Bertz CT molecular complexity index is 1100. The molecule has 0 unspecified atom stereocenters. The lowest BCUT2D eigenvalue weighted by atomic mass is 9.92. The molecule has 1 aliphatic rings. The van der Waals surface area contributed by atoms with Crippen LogP contribution in [0.4, 0.5) is 0 Å². The molecule has 5 nitrogen and oxygen atoms in total. The van der Waals surface area contributed by atoms with E-state index in [0.29, 0.717) is 13.2 Å². The summed E-state index contributed by atoms with van der Waals surface area (Å²) in [5, 5.41) is 1.14. The van der Waals surface area contributed by atoms with Crippen molar-refractivity contribution in [1.29, 1.82) is 0 Å². The average Bonchev–Trinajstić information content (AvgIpc) is 3.35. The molecule has 0 radical (unpaired) electrons. The van der Waals surface area contributed by atoms with Gasteiger partial charge in [-0.15, -0.1) is 0 Å². The molecule has 3 atom stereocenters. The molecule has 0 amide bonds. The van der Waals surface area contributed by atoms with Gasteiger partial charge in [-0.25, -0.2) is 0 Å². The highest BCUT2D eigenvalue weighted by molar-refractivity contribution is 5.77. The summed E-state index contributed by atoms with van der Waals surface area (Å²) in [5.74, 6) is 1.90. The van der Waals surface area contributed by atoms with Crippen LogP contribution >= 0.6 is 0 Å². The van der Waals surface area contributed by atoms with Crippen molar-refractivity contribution in [2.24, 2.45) is 0 Å². The first-order chi connectivity index (χ1) is 19.1. The lowest BCUT2D eigenvalue weighted by Gasteiger charge is -2.36. The van der Waals surface area contributed by atoms with Crippen molar-refractivity contribution >= 4 is 11.0 Å².